The van der Waals surface area contributed by atoms with Gasteiger partial charge in [0.15, 0.2) is 0 Å². The summed E-state index contributed by atoms with van der Waals surface area (Å²) in [6.45, 7) is 11.0. The Morgan fingerprint density at radius 2 is 1.72 bits per heavy atom. The van der Waals surface area contributed by atoms with E-state index in [1.807, 2.05) is 0 Å². The molecule has 1 unspecified atom stereocenters. The van der Waals surface area contributed by atoms with Crippen LogP contribution in [0.5, 0.6) is 0 Å². The summed E-state index contributed by atoms with van der Waals surface area (Å²) < 4.78 is 5.79. The van der Waals surface area contributed by atoms with E-state index in [0.717, 1.165) is 25.7 Å². The topological polar surface area (TPSA) is 21.3 Å². The number of ether oxygens (including phenoxy) is 1. The first kappa shape index (κ1) is 17.9. The lowest BCUT2D eigenvalue weighted by Gasteiger charge is -2.14. The van der Waals surface area contributed by atoms with Crippen LogP contribution in [-0.4, -0.2) is 26.3 Å². The van der Waals surface area contributed by atoms with Crippen molar-refractivity contribution in [3.63, 3.8) is 0 Å². The van der Waals surface area contributed by atoms with Gasteiger partial charge in [-0.3, -0.25) is 0 Å². The van der Waals surface area contributed by atoms with E-state index in [0.29, 0.717) is 0 Å². The molecular weight excluding hydrogens is 222 g/mol. The van der Waals surface area contributed by atoms with Gasteiger partial charge in [-0.25, -0.2) is 0 Å². The highest BCUT2D eigenvalue weighted by Gasteiger charge is 2.05. The average Bonchev–Trinajstić information content (AvgIpc) is 2.40. The van der Waals surface area contributed by atoms with Gasteiger partial charge in [0.1, 0.15) is 0 Å². The summed E-state index contributed by atoms with van der Waals surface area (Å²) in [6, 6.07) is 0. The highest BCUT2D eigenvalue weighted by molar-refractivity contribution is 4.56. The monoisotopic (exact) mass is 257 g/mol. The molecular formula is C16H35NO. The fourth-order valence-corrected chi connectivity index (χ4v) is 2.08. The van der Waals surface area contributed by atoms with Gasteiger partial charge in [0.2, 0.25) is 0 Å². The maximum Gasteiger partial charge on any atom is 0.0494 e. The van der Waals surface area contributed by atoms with Crippen LogP contribution in [0.15, 0.2) is 0 Å². The molecule has 0 aliphatic rings. The van der Waals surface area contributed by atoms with Crippen LogP contribution in [0.2, 0.25) is 0 Å². The first-order valence-corrected chi connectivity index (χ1v) is 8.13. The van der Waals surface area contributed by atoms with Crippen molar-refractivity contribution in [2.75, 3.05) is 26.3 Å². The molecule has 18 heavy (non-hydrogen) atoms. The largest absolute Gasteiger partial charge is 0.381 e. The molecule has 1 N–H and O–H groups in total. The van der Waals surface area contributed by atoms with Crippen molar-refractivity contribution in [2.24, 2.45) is 5.92 Å². The lowest BCUT2D eigenvalue weighted by atomic mass is 10.0. The van der Waals surface area contributed by atoms with Crippen molar-refractivity contribution >= 4 is 0 Å². The fraction of sp³-hybridized carbons (Fsp3) is 1.00. The summed E-state index contributed by atoms with van der Waals surface area (Å²) in [4.78, 5) is 0. The van der Waals surface area contributed by atoms with E-state index in [1.54, 1.807) is 0 Å². The van der Waals surface area contributed by atoms with Gasteiger partial charge >= 0.3 is 0 Å². The molecule has 2 heteroatoms. The third-order valence-corrected chi connectivity index (χ3v) is 3.47. The van der Waals surface area contributed by atoms with Crippen molar-refractivity contribution in [1.29, 1.82) is 0 Å². The lowest BCUT2D eigenvalue weighted by Crippen LogP contribution is -2.16. The molecule has 0 rings (SSSR count). The van der Waals surface area contributed by atoms with Crippen LogP contribution in [0.1, 0.15) is 72.1 Å². The van der Waals surface area contributed by atoms with E-state index in [9.17, 15) is 0 Å². The maximum absolute atomic E-state index is 5.79. The predicted octanol–water partition coefficient (Wildman–Crippen LogP) is 4.39. The Hall–Kier alpha value is -0.0800. The minimum absolute atomic E-state index is 0.788. The number of unbranched alkanes of at least 4 members (excludes halogenated alkanes) is 3. The Kier molecular flexibility index (Phi) is 14.9. The number of hydrogen-bond donors (Lipinski definition) is 1. The van der Waals surface area contributed by atoms with Crippen molar-refractivity contribution < 1.29 is 4.74 Å². The van der Waals surface area contributed by atoms with E-state index < -0.39 is 0 Å². The molecule has 0 aliphatic heterocycles. The zero-order valence-electron chi connectivity index (χ0n) is 13.0. The summed E-state index contributed by atoms with van der Waals surface area (Å²) in [5.74, 6) is 0.788. The minimum Gasteiger partial charge on any atom is -0.381 e. The normalized spacial score (nSPS) is 12.8. The Balaban J connectivity index is 3.17. The van der Waals surface area contributed by atoms with Gasteiger partial charge < -0.3 is 10.1 Å². The maximum atomic E-state index is 5.79. The zero-order chi connectivity index (χ0) is 13.5. The van der Waals surface area contributed by atoms with Crippen molar-refractivity contribution in [3.05, 3.63) is 0 Å². The molecule has 0 bridgehead atoms. The van der Waals surface area contributed by atoms with Gasteiger partial charge in [0, 0.05) is 13.2 Å². The van der Waals surface area contributed by atoms with Crippen LogP contribution < -0.4 is 5.32 Å². The summed E-state index contributed by atoms with van der Waals surface area (Å²) >= 11 is 0. The third-order valence-electron chi connectivity index (χ3n) is 3.47. The molecule has 0 aromatic carbocycles. The van der Waals surface area contributed by atoms with E-state index in [-0.39, 0.29) is 0 Å². The molecule has 0 fully saturated rings. The standard InChI is InChI=1S/C16H35NO/c1-4-7-11-16(6-3)15-18-14-10-8-9-13-17-12-5-2/h16-17H,4-15H2,1-3H3. The van der Waals surface area contributed by atoms with Crippen molar-refractivity contribution in [3.8, 4) is 0 Å². The number of hydrogen-bond acceptors (Lipinski definition) is 2. The minimum atomic E-state index is 0.788. The number of nitrogens with one attached hydrogen (secondary N) is 1. The van der Waals surface area contributed by atoms with Crippen LogP contribution in [0, 0.1) is 5.92 Å². The Morgan fingerprint density at radius 1 is 0.889 bits per heavy atom. The molecule has 0 saturated heterocycles. The van der Waals surface area contributed by atoms with Crippen LogP contribution >= 0.6 is 0 Å². The van der Waals surface area contributed by atoms with Crippen molar-refractivity contribution in [2.45, 2.75) is 72.1 Å². The molecule has 0 amide bonds. The van der Waals surface area contributed by atoms with Gasteiger partial charge in [-0.1, -0.05) is 40.0 Å². The van der Waals surface area contributed by atoms with E-state index in [2.05, 4.69) is 26.1 Å². The van der Waals surface area contributed by atoms with Gasteiger partial charge in [-0.15, -0.1) is 0 Å². The first-order chi connectivity index (χ1) is 8.85. The Labute approximate surface area is 115 Å². The molecule has 0 aromatic heterocycles. The molecule has 2 nitrogen and oxygen atoms in total. The van der Waals surface area contributed by atoms with E-state index in [4.69, 9.17) is 4.74 Å². The second-order valence-corrected chi connectivity index (χ2v) is 5.30. The van der Waals surface area contributed by atoms with Gasteiger partial charge in [-0.2, -0.15) is 0 Å². The van der Waals surface area contributed by atoms with Crippen LogP contribution in [-0.2, 0) is 4.74 Å². The highest BCUT2D eigenvalue weighted by atomic mass is 16.5. The van der Waals surface area contributed by atoms with E-state index >= 15 is 0 Å². The highest BCUT2D eigenvalue weighted by Crippen LogP contribution is 2.13. The predicted molar refractivity (Wildman–Crippen MR) is 81.1 cm³/mol. The van der Waals surface area contributed by atoms with Crippen LogP contribution in [0.3, 0.4) is 0 Å². The van der Waals surface area contributed by atoms with Gasteiger partial charge in [-0.05, 0) is 51.1 Å². The first-order valence-electron chi connectivity index (χ1n) is 8.13. The molecule has 0 aromatic rings. The summed E-state index contributed by atoms with van der Waals surface area (Å²) in [6.07, 6.45) is 10.3. The summed E-state index contributed by atoms with van der Waals surface area (Å²) in [5.41, 5.74) is 0. The molecule has 0 saturated carbocycles. The quantitative estimate of drug-likeness (QED) is 0.466. The molecule has 0 spiro atoms. The third kappa shape index (κ3) is 12.4. The molecule has 0 heterocycles. The smallest absolute Gasteiger partial charge is 0.0494 e. The van der Waals surface area contributed by atoms with Crippen molar-refractivity contribution in [1.82, 2.24) is 5.32 Å². The van der Waals surface area contributed by atoms with Gasteiger partial charge in [0.25, 0.3) is 0 Å². The fourth-order valence-electron chi connectivity index (χ4n) is 2.08. The van der Waals surface area contributed by atoms with Crippen LogP contribution in [0.4, 0.5) is 0 Å². The molecule has 110 valence electrons. The lowest BCUT2D eigenvalue weighted by molar-refractivity contribution is 0.0909. The molecule has 0 aliphatic carbocycles. The Bertz CT molecular complexity index is 150. The number of rotatable bonds is 14. The van der Waals surface area contributed by atoms with Crippen LogP contribution in [0.25, 0.3) is 0 Å². The van der Waals surface area contributed by atoms with E-state index in [1.165, 1.54) is 57.9 Å². The SMILES string of the molecule is CCCCC(CC)COCCCCCNCCC. The average molecular weight is 257 g/mol. The second-order valence-electron chi connectivity index (χ2n) is 5.30. The van der Waals surface area contributed by atoms with Gasteiger partial charge in [0.05, 0.1) is 0 Å². The molecule has 0 radical (unpaired) electrons. The molecule has 1 atom stereocenters. The second kappa shape index (κ2) is 15.0. The summed E-state index contributed by atoms with van der Waals surface area (Å²) in [5, 5.41) is 3.44. The Morgan fingerprint density at radius 3 is 2.39 bits per heavy atom. The zero-order valence-corrected chi connectivity index (χ0v) is 13.0. The summed E-state index contributed by atoms with van der Waals surface area (Å²) in [7, 11) is 0.